The van der Waals surface area contributed by atoms with Gasteiger partial charge in [0.2, 0.25) is 0 Å². The Balaban J connectivity index is 1.86. The molecule has 1 aromatic carbocycles. The lowest BCUT2D eigenvalue weighted by Crippen LogP contribution is -2.31. The lowest BCUT2D eigenvalue weighted by atomic mass is 10.1. The summed E-state index contributed by atoms with van der Waals surface area (Å²) in [5, 5.41) is 4.26. The van der Waals surface area contributed by atoms with Crippen LogP contribution in [0.3, 0.4) is 0 Å². The number of ketones is 1. The number of hydrogen-bond donors (Lipinski definition) is 0. The maximum atomic E-state index is 12.9. The van der Waals surface area contributed by atoms with Crippen LogP contribution in [0, 0.1) is 0 Å². The minimum absolute atomic E-state index is 0.0290. The number of nitrogens with zero attached hydrogens (tertiary/aromatic N) is 3. The van der Waals surface area contributed by atoms with Crippen LogP contribution >= 0.6 is 0 Å². The zero-order valence-corrected chi connectivity index (χ0v) is 16.2. The normalized spacial score (nSPS) is 12.4. The summed E-state index contributed by atoms with van der Waals surface area (Å²) in [6.45, 7) is 1.47. The second-order valence-corrected chi connectivity index (χ2v) is 6.59. The molecule has 0 saturated heterocycles. The zero-order valence-electron chi connectivity index (χ0n) is 16.2. The van der Waals surface area contributed by atoms with E-state index in [9.17, 15) is 22.8 Å². The fourth-order valence-electron chi connectivity index (χ4n) is 2.85. The third-order valence-electron chi connectivity index (χ3n) is 4.52. The topological polar surface area (TPSA) is 74.1 Å². The molecule has 156 valence electrons. The third-order valence-corrected chi connectivity index (χ3v) is 4.52. The van der Waals surface area contributed by atoms with Gasteiger partial charge in [-0.15, -0.1) is 0 Å². The molecule has 30 heavy (non-hydrogen) atoms. The van der Waals surface area contributed by atoms with Crippen LogP contribution in [0.5, 0.6) is 5.75 Å². The average Bonchev–Trinajstić information content (AvgIpc) is 2.73. The first-order valence-corrected chi connectivity index (χ1v) is 8.98. The van der Waals surface area contributed by atoms with Crippen molar-refractivity contribution < 1.29 is 22.7 Å². The molecule has 0 bridgehead atoms. The highest BCUT2D eigenvalue weighted by atomic mass is 19.4. The van der Waals surface area contributed by atoms with Crippen molar-refractivity contribution >= 4 is 5.78 Å². The molecule has 1 unspecified atom stereocenters. The van der Waals surface area contributed by atoms with E-state index in [0.717, 1.165) is 23.0 Å². The van der Waals surface area contributed by atoms with E-state index in [2.05, 4.69) is 10.1 Å². The van der Waals surface area contributed by atoms with Gasteiger partial charge in [0.15, 0.2) is 5.78 Å². The largest absolute Gasteiger partial charge is 0.497 e. The van der Waals surface area contributed by atoms with Crippen molar-refractivity contribution in [2.75, 3.05) is 7.11 Å². The predicted molar refractivity (Wildman–Crippen MR) is 103 cm³/mol. The number of carbonyl (C=O) groups is 1. The Morgan fingerprint density at radius 1 is 1.17 bits per heavy atom. The zero-order chi connectivity index (χ0) is 21.9. The van der Waals surface area contributed by atoms with E-state index in [1.165, 1.54) is 26.2 Å². The number of pyridine rings is 1. The van der Waals surface area contributed by atoms with E-state index in [-0.39, 0.29) is 12.1 Å². The van der Waals surface area contributed by atoms with Gasteiger partial charge < -0.3 is 4.74 Å². The number of benzene rings is 1. The Morgan fingerprint density at radius 2 is 1.93 bits per heavy atom. The van der Waals surface area contributed by atoms with E-state index in [0.29, 0.717) is 17.0 Å². The smallest absolute Gasteiger partial charge is 0.416 e. The molecule has 0 aliphatic rings. The Kier molecular flexibility index (Phi) is 6.00. The van der Waals surface area contributed by atoms with Crippen molar-refractivity contribution in [1.82, 2.24) is 14.8 Å². The second-order valence-electron chi connectivity index (χ2n) is 6.59. The number of methoxy groups -OCH3 is 1. The van der Waals surface area contributed by atoms with Crippen LogP contribution in [0.2, 0.25) is 0 Å². The van der Waals surface area contributed by atoms with Crippen molar-refractivity contribution in [3.8, 4) is 17.0 Å². The molecule has 0 aliphatic heterocycles. The molecule has 3 aromatic rings. The third kappa shape index (κ3) is 4.73. The summed E-state index contributed by atoms with van der Waals surface area (Å²) in [7, 11) is 1.52. The monoisotopic (exact) mass is 417 g/mol. The molecule has 2 aromatic heterocycles. The number of Topliss-reactive ketones (excluding diaryl/α,β-unsaturated/α-hetero) is 1. The predicted octanol–water partition coefficient (Wildman–Crippen LogP) is 3.71. The van der Waals surface area contributed by atoms with Crippen molar-refractivity contribution in [2.24, 2.45) is 0 Å². The summed E-state index contributed by atoms with van der Waals surface area (Å²) in [4.78, 5) is 28.7. The van der Waals surface area contributed by atoms with Gasteiger partial charge in [0.05, 0.1) is 24.8 Å². The number of hydrogen-bond acceptors (Lipinski definition) is 5. The average molecular weight is 417 g/mol. The van der Waals surface area contributed by atoms with Crippen LogP contribution in [-0.4, -0.2) is 27.7 Å². The van der Waals surface area contributed by atoms with Crippen LogP contribution in [-0.2, 0) is 17.4 Å². The number of carbonyl (C=O) groups excluding carboxylic acids is 1. The molecule has 0 amide bonds. The summed E-state index contributed by atoms with van der Waals surface area (Å²) in [6, 6.07) is 10.5. The van der Waals surface area contributed by atoms with E-state index in [1.807, 2.05) is 0 Å². The van der Waals surface area contributed by atoms with Gasteiger partial charge in [0.25, 0.3) is 5.56 Å². The van der Waals surface area contributed by atoms with Crippen LogP contribution < -0.4 is 10.3 Å². The molecule has 0 aliphatic carbocycles. The molecule has 0 radical (unpaired) electrons. The second kappa shape index (κ2) is 8.48. The Bertz CT molecular complexity index is 1130. The molecule has 1 atom stereocenters. The van der Waals surface area contributed by atoms with Gasteiger partial charge in [-0.3, -0.25) is 14.6 Å². The van der Waals surface area contributed by atoms with Crippen LogP contribution in [0.25, 0.3) is 11.3 Å². The number of ether oxygens (including phenoxy) is 1. The fraction of sp³-hybridized carbons (Fsp3) is 0.238. The van der Waals surface area contributed by atoms with Gasteiger partial charge in [-0.2, -0.15) is 18.3 Å². The highest BCUT2D eigenvalue weighted by Gasteiger charge is 2.31. The molecule has 0 saturated carbocycles. The SMILES string of the molecule is COc1cccc(-c2ccc(=O)n(C(C)C(=O)Cc3cc(C(F)(F)F)ccn3)n2)c1. The molecule has 0 fully saturated rings. The molecule has 0 N–H and O–H groups in total. The first-order valence-electron chi connectivity index (χ1n) is 8.98. The summed E-state index contributed by atoms with van der Waals surface area (Å²) in [5.74, 6) is 0.117. The number of rotatable bonds is 6. The van der Waals surface area contributed by atoms with E-state index >= 15 is 0 Å². The maximum Gasteiger partial charge on any atom is 0.416 e. The number of aromatic nitrogens is 3. The van der Waals surface area contributed by atoms with Crippen LogP contribution in [0.4, 0.5) is 13.2 Å². The van der Waals surface area contributed by atoms with Crippen LogP contribution in [0.15, 0.2) is 59.5 Å². The van der Waals surface area contributed by atoms with Crippen molar-refractivity contribution in [2.45, 2.75) is 25.6 Å². The first-order chi connectivity index (χ1) is 14.2. The lowest BCUT2D eigenvalue weighted by Gasteiger charge is -2.14. The van der Waals surface area contributed by atoms with Gasteiger partial charge >= 0.3 is 6.18 Å². The minimum atomic E-state index is -4.53. The summed E-state index contributed by atoms with van der Waals surface area (Å²) >= 11 is 0. The van der Waals surface area contributed by atoms with Gasteiger partial charge in [-0.1, -0.05) is 12.1 Å². The van der Waals surface area contributed by atoms with Gasteiger partial charge in [-0.05, 0) is 37.3 Å². The molecular formula is C21H18F3N3O3. The van der Waals surface area contributed by atoms with Crippen molar-refractivity contribution in [3.63, 3.8) is 0 Å². The quantitative estimate of drug-likeness (QED) is 0.611. The van der Waals surface area contributed by atoms with Crippen LogP contribution in [0.1, 0.15) is 24.2 Å². The Labute approximate surface area is 170 Å². The highest BCUT2D eigenvalue weighted by Crippen LogP contribution is 2.29. The molecule has 6 nitrogen and oxygen atoms in total. The molecule has 2 heterocycles. The highest BCUT2D eigenvalue weighted by molar-refractivity contribution is 5.84. The summed E-state index contributed by atoms with van der Waals surface area (Å²) < 4.78 is 44.8. The first kappa shape index (κ1) is 21.2. The maximum absolute atomic E-state index is 12.9. The Hall–Kier alpha value is -3.49. The molecular weight excluding hydrogens is 399 g/mol. The van der Waals surface area contributed by atoms with Crippen molar-refractivity contribution in [3.05, 3.63) is 76.3 Å². The standard InChI is InChI=1S/C21H18F3N3O3/c1-13(19(28)12-16-11-15(8-9-25-16)21(22,23)24)27-20(29)7-6-18(26-27)14-4-3-5-17(10-14)30-2/h3-11,13H,12H2,1-2H3. The van der Waals surface area contributed by atoms with E-state index in [4.69, 9.17) is 4.74 Å². The van der Waals surface area contributed by atoms with E-state index < -0.39 is 29.1 Å². The van der Waals surface area contributed by atoms with E-state index in [1.54, 1.807) is 24.3 Å². The lowest BCUT2D eigenvalue weighted by molar-refractivity contribution is -0.137. The molecule has 0 spiro atoms. The minimum Gasteiger partial charge on any atom is -0.497 e. The summed E-state index contributed by atoms with van der Waals surface area (Å²) in [5.41, 5.74) is -0.283. The molecule has 9 heteroatoms. The fourth-order valence-corrected chi connectivity index (χ4v) is 2.85. The van der Waals surface area contributed by atoms with Gasteiger partial charge in [-0.25, -0.2) is 4.68 Å². The van der Waals surface area contributed by atoms with Gasteiger partial charge in [0.1, 0.15) is 11.8 Å². The van der Waals surface area contributed by atoms with Gasteiger partial charge in [0, 0.05) is 23.5 Å². The molecule has 3 rings (SSSR count). The van der Waals surface area contributed by atoms with Crippen molar-refractivity contribution in [1.29, 1.82) is 0 Å². The number of halogens is 3. The summed E-state index contributed by atoms with van der Waals surface area (Å²) in [6.07, 6.45) is -3.89. The Morgan fingerprint density at radius 3 is 2.63 bits per heavy atom. The number of alkyl halides is 3.